The molecule has 0 radical (unpaired) electrons. The van der Waals surface area contributed by atoms with E-state index in [2.05, 4.69) is 20.2 Å². The molecule has 2 aliphatic rings. The van der Waals surface area contributed by atoms with Gasteiger partial charge in [-0.05, 0) is 36.4 Å². The zero-order chi connectivity index (χ0) is 22.5. The van der Waals surface area contributed by atoms with Gasteiger partial charge in [-0.3, -0.25) is 10.2 Å². The third kappa shape index (κ3) is 3.77. The lowest BCUT2D eigenvalue weighted by Gasteiger charge is -2.28. The molecule has 1 saturated carbocycles. The number of amides is 1. The largest absolute Gasteiger partial charge is 0.398 e. The molecule has 1 unspecified atom stereocenters. The van der Waals surface area contributed by atoms with Crippen LogP contribution in [0, 0.1) is 11.3 Å². The molecule has 1 aliphatic heterocycles. The van der Waals surface area contributed by atoms with E-state index >= 15 is 0 Å². The van der Waals surface area contributed by atoms with Crippen LogP contribution < -0.4 is 16.0 Å². The first kappa shape index (κ1) is 20.4. The standard InChI is InChI=1S/C22H22F2N6O2/c23-22(24)11-15(22)21(31)27-12-1-3-16(25)14(9-12)19(26)20-28-17-4-2-13(10-18(17)29-20)30-5-7-32-8-6-30/h1-4,9-10,15,26H,5-8,11,25H2,(H,27,31)(H,28,29). The Balaban J connectivity index is 1.39. The minimum absolute atomic E-state index is 0.0412. The summed E-state index contributed by atoms with van der Waals surface area (Å²) < 4.78 is 31.7. The number of imidazole rings is 1. The number of nitrogens with one attached hydrogen (secondary N) is 3. The van der Waals surface area contributed by atoms with E-state index in [4.69, 9.17) is 15.9 Å². The van der Waals surface area contributed by atoms with Crippen LogP contribution in [0.15, 0.2) is 36.4 Å². The van der Waals surface area contributed by atoms with Gasteiger partial charge >= 0.3 is 0 Å². The Morgan fingerprint density at radius 3 is 2.72 bits per heavy atom. The Labute approximate surface area is 182 Å². The SMILES string of the molecule is N=C(c1nc2ccc(N3CCOCC3)cc2[nH]1)c1cc(NC(=O)C2CC2(F)F)ccc1N. The van der Waals surface area contributed by atoms with Gasteiger partial charge in [0.05, 0.1) is 24.2 Å². The Hall–Kier alpha value is -3.53. The first-order chi connectivity index (χ1) is 15.3. The molecule has 2 heterocycles. The Kier molecular flexibility index (Phi) is 4.81. The van der Waals surface area contributed by atoms with Crippen molar-refractivity contribution in [3.8, 4) is 0 Å². The summed E-state index contributed by atoms with van der Waals surface area (Å²) in [6.07, 6.45) is -0.443. The van der Waals surface area contributed by atoms with Crippen molar-refractivity contribution in [2.45, 2.75) is 12.3 Å². The van der Waals surface area contributed by atoms with Gasteiger partial charge in [-0.15, -0.1) is 0 Å². The average Bonchev–Trinajstić information content (AvgIpc) is 3.24. The van der Waals surface area contributed by atoms with E-state index in [1.165, 1.54) is 18.2 Å². The molecule has 3 aromatic rings. The molecule has 2 aromatic carbocycles. The first-order valence-electron chi connectivity index (χ1n) is 10.3. The number of aromatic nitrogens is 2. The lowest BCUT2D eigenvalue weighted by atomic mass is 10.1. The van der Waals surface area contributed by atoms with Gasteiger partial charge in [0.1, 0.15) is 11.6 Å². The Morgan fingerprint density at radius 2 is 2.00 bits per heavy atom. The summed E-state index contributed by atoms with van der Waals surface area (Å²) >= 11 is 0. The lowest BCUT2D eigenvalue weighted by molar-refractivity contribution is -0.119. The molecule has 1 saturated heterocycles. The smallest absolute Gasteiger partial charge is 0.260 e. The molecule has 32 heavy (non-hydrogen) atoms. The molecule has 1 aromatic heterocycles. The van der Waals surface area contributed by atoms with Gasteiger partial charge in [-0.1, -0.05) is 0 Å². The second kappa shape index (κ2) is 7.56. The topological polar surface area (TPSA) is 120 Å². The van der Waals surface area contributed by atoms with Gasteiger partial charge in [-0.2, -0.15) is 0 Å². The highest BCUT2D eigenvalue weighted by atomic mass is 19.3. The number of nitrogen functional groups attached to an aromatic ring is 1. The van der Waals surface area contributed by atoms with Crippen molar-refractivity contribution < 1.29 is 18.3 Å². The van der Waals surface area contributed by atoms with Gasteiger partial charge in [0.25, 0.3) is 5.92 Å². The normalized spacial score (nSPS) is 19.7. The highest BCUT2D eigenvalue weighted by Crippen LogP contribution is 2.49. The predicted octanol–water partition coefficient (Wildman–Crippen LogP) is 2.99. The minimum Gasteiger partial charge on any atom is -0.398 e. The fourth-order valence-corrected chi connectivity index (χ4v) is 3.84. The number of morpholine rings is 1. The molecule has 166 valence electrons. The number of ether oxygens (including phenoxy) is 1. The summed E-state index contributed by atoms with van der Waals surface area (Å²) in [6, 6.07) is 10.4. The number of anilines is 3. The predicted molar refractivity (Wildman–Crippen MR) is 118 cm³/mol. The lowest BCUT2D eigenvalue weighted by Crippen LogP contribution is -2.36. The van der Waals surface area contributed by atoms with Gasteiger partial charge in [0.2, 0.25) is 5.91 Å². The minimum atomic E-state index is -2.94. The van der Waals surface area contributed by atoms with Gasteiger partial charge in [-0.25, -0.2) is 13.8 Å². The summed E-state index contributed by atoms with van der Waals surface area (Å²) in [5, 5.41) is 11.1. The first-order valence-corrected chi connectivity index (χ1v) is 10.3. The van der Waals surface area contributed by atoms with Crippen LogP contribution in [0.4, 0.5) is 25.8 Å². The number of carbonyl (C=O) groups excluding carboxylic acids is 1. The van der Waals surface area contributed by atoms with Gasteiger partial charge in [0.15, 0.2) is 5.82 Å². The maximum Gasteiger partial charge on any atom is 0.260 e. The number of aromatic amines is 1. The number of nitrogens with two attached hydrogens (primary N) is 1. The molecule has 1 aliphatic carbocycles. The number of hydrogen-bond donors (Lipinski definition) is 4. The number of halogens is 2. The van der Waals surface area contributed by atoms with Crippen molar-refractivity contribution in [3.63, 3.8) is 0 Å². The number of alkyl halides is 2. The van der Waals surface area contributed by atoms with Crippen molar-refractivity contribution in [2.24, 2.45) is 5.92 Å². The van der Waals surface area contributed by atoms with E-state index in [1.807, 2.05) is 18.2 Å². The number of rotatable bonds is 5. The average molecular weight is 440 g/mol. The van der Waals surface area contributed by atoms with Crippen LogP contribution in [0.2, 0.25) is 0 Å². The summed E-state index contributed by atoms with van der Waals surface area (Å²) in [5.74, 6) is -4.67. The summed E-state index contributed by atoms with van der Waals surface area (Å²) in [6.45, 7) is 2.98. The number of nitrogens with zero attached hydrogens (tertiary/aromatic N) is 2. The second-order valence-electron chi connectivity index (χ2n) is 8.07. The number of H-pyrrole nitrogens is 1. The zero-order valence-electron chi connectivity index (χ0n) is 17.1. The summed E-state index contributed by atoms with van der Waals surface area (Å²) in [5.41, 5.74) is 9.60. The van der Waals surface area contributed by atoms with Gasteiger partial charge < -0.3 is 25.7 Å². The second-order valence-corrected chi connectivity index (χ2v) is 8.07. The van der Waals surface area contributed by atoms with E-state index in [0.29, 0.717) is 41.5 Å². The molecule has 2 fully saturated rings. The van der Waals surface area contributed by atoms with Crippen LogP contribution >= 0.6 is 0 Å². The molecule has 5 N–H and O–H groups in total. The van der Waals surface area contributed by atoms with Crippen molar-refractivity contribution in [1.29, 1.82) is 5.41 Å². The van der Waals surface area contributed by atoms with Crippen molar-refractivity contribution in [1.82, 2.24) is 9.97 Å². The third-order valence-electron chi connectivity index (χ3n) is 5.81. The quantitative estimate of drug-likeness (QED) is 0.359. The van der Waals surface area contributed by atoms with Crippen LogP contribution in [0.5, 0.6) is 0 Å². The molecule has 1 atom stereocenters. The van der Waals surface area contributed by atoms with E-state index in [1.54, 1.807) is 0 Å². The summed E-state index contributed by atoms with van der Waals surface area (Å²) in [7, 11) is 0. The Bertz CT molecular complexity index is 1220. The maximum absolute atomic E-state index is 13.2. The van der Waals surface area contributed by atoms with E-state index in [0.717, 1.165) is 24.3 Å². The van der Waals surface area contributed by atoms with E-state index in [9.17, 15) is 13.6 Å². The molecule has 1 amide bonds. The molecule has 5 rings (SSSR count). The van der Waals surface area contributed by atoms with Crippen LogP contribution in [-0.4, -0.2) is 53.8 Å². The number of benzene rings is 2. The molecule has 0 spiro atoms. The number of carbonyl (C=O) groups is 1. The molecular weight excluding hydrogens is 418 g/mol. The fourth-order valence-electron chi connectivity index (χ4n) is 3.84. The molecule has 10 heteroatoms. The van der Waals surface area contributed by atoms with Crippen LogP contribution in [0.25, 0.3) is 11.0 Å². The Morgan fingerprint density at radius 1 is 1.25 bits per heavy atom. The molecular formula is C22H22F2N6O2. The third-order valence-corrected chi connectivity index (χ3v) is 5.81. The van der Waals surface area contributed by atoms with Crippen molar-refractivity contribution in [3.05, 3.63) is 47.8 Å². The zero-order valence-corrected chi connectivity index (χ0v) is 17.1. The summed E-state index contributed by atoms with van der Waals surface area (Å²) in [4.78, 5) is 21.9. The van der Waals surface area contributed by atoms with Gasteiger partial charge in [0, 0.05) is 42.1 Å². The number of fused-ring (bicyclic) bond motifs is 1. The molecule has 0 bridgehead atoms. The van der Waals surface area contributed by atoms with E-state index < -0.39 is 24.2 Å². The van der Waals surface area contributed by atoms with E-state index in [-0.39, 0.29) is 5.71 Å². The fraction of sp³-hybridized carbons (Fsp3) is 0.318. The molecule has 8 nitrogen and oxygen atoms in total. The van der Waals surface area contributed by atoms with Crippen LogP contribution in [-0.2, 0) is 9.53 Å². The highest BCUT2D eigenvalue weighted by Gasteiger charge is 2.61. The van der Waals surface area contributed by atoms with Crippen molar-refractivity contribution >= 4 is 39.7 Å². The van der Waals surface area contributed by atoms with Crippen LogP contribution in [0.1, 0.15) is 17.8 Å². The van der Waals surface area contributed by atoms with Crippen LogP contribution in [0.3, 0.4) is 0 Å². The number of hydrogen-bond acceptors (Lipinski definition) is 6. The maximum atomic E-state index is 13.2. The highest BCUT2D eigenvalue weighted by molar-refractivity contribution is 6.13. The monoisotopic (exact) mass is 440 g/mol. The van der Waals surface area contributed by atoms with Crippen molar-refractivity contribution in [2.75, 3.05) is 42.3 Å².